The van der Waals surface area contributed by atoms with E-state index in [0.717, 1.165) is 10.2 Å². The van der Waals surface area contributed by atoms with Crippen molar-refractivity contribution < 1.29 is 4.74 Å². The summed E-state index contributed by atoms with van der Waals surface area (Å²) in [6.45, 7) is 2.85. The smallest absolute Gasteiger partial charge is 0.213 e. The Labute approximate surface area is 122 Å². The molecule has 0 saturated carbocycles. The molecule has 0 radical (unpaired) electrons. The lowest BCUT2D eigenvalue weighted by atomic mass is 10.1. The highest BCUT2D eigenvalue weighted by atomic mass is 79.9. The van der Waals surface area contributed by atoms with Gasteiger partial charge in [-0.2, -0.15) is 0 Å². The maximum absolute atomic E-state index is 5.12. The van der Waals surface area contributed by atoms with Crippen LogP contribution >= 0.6 is 15.9 Å². The first-order chi connectivity index (χ1) is 9.19. The molecule has 100 valence electrons. The molecule has 1 atom stereocenters. The van der Waals surface area contributed by atoms with Gasteiger partial charge in [0.1, 0.15) is 0 Å². The monoisotopic (exact) mass is 320 g/mol. The molecule has 0 spiro atoms. The Kier molecular flexibility index (Phi) is 4.93. The quantitative estimate of drug-likeness (QED) is 0.912. The number of hydrogen-bond donors (Lipinski definition) is 1. The third-order valence-electron chi connectivity index (χ3n) is 2.93. The first-order valence-corrected chi connectivity index (χ1v) is 6.97. The van der Waals surface area contributed by atoms with Gasteiger partial charge in [-0.25, -0.2) is 4.98 Å². The highest BCUT2D eigenvalue weighted by Gasteiger charge is 2.06. The lowest BCUT2D eigenvalue weighted by Crippen LogP contribution is -2.18. The molecule has 1 aromatic carbocycles. The number of rotatable bonds is 5. The molecule has 19 heavy (non-hydrogen) atoms. The number of nitrogens with one attached hydrogen (secondary N) is 1. The Hall–Kier alpha value is -1.39. The Morgan fingerprint density at radius 1 is 1.26 bits per heavy atom. The number of halogens is 1. The van der Waals surface area contributed by atoms with Gasteiger partial charge in [-0.3, -0.25) is 0 Å². The number of ether oxygens (including phenoxy) is 1. The zero-order valence-electron chi connectivity index (χ0n) is 11.1. The summed E-state index contributed by atoms with van der Waals surface area (Å²) < 4.78 is 6.21. The average molecular weight is 321 g/mol. The Bertz CT molecular complexity index is 545. The van der Waals surface area contributed by atoms with Gasteiger partial charge < -0.3 is 10.1 Å². The maximum Gasteiger partial charge on any atom is 0.213 e. The first-order valence-electron chi connectivity index (χ1n) is 6.18. The summed E-state index contributed by atoms with van der Waals surface area (Å²) in [6.07, 6.45) is 0. The molecule has 1 heterocycles. The van der Waals surface area contributed by atoms with Crippen LogP contribution in [0.1, 0.15) is 24.2 Å². The largest absolute Gasteiger partial charge is 0.481 e. The molecule has 3 nitrogen and oxygen atoms in total. The van der Waals surface area contributed by atoms with Gasteiger partial charge in [0.2, 0.25) is 5.88 Å². The summed E-state index contributed by atoms with van der Waals surface area (Å²) in [5, 5.41) is 3.45. The summed E-state index contributed by atoms with van der Waals surface area (Å²) in [7, 11) is 1.63. The molecule has 0 fully saturated rings. The summed E-state index contributed by atoms with van der Waals surface area (Å²) in [5.74, 6) is 0.648. The SMILES string of the molecule is COc1cccc(CN[C@H](C)c2cccc(Br)c2)n1. The second-order valence-electron chi connectivity index (χ2n) is 4.33. The number of pyridine rings is 1. The predicted molar refractivity (Wildman–Crippen MR) is 80.2 cm³/mol. The van der Waals surface area contributed by atoms with Crippen molar-refractivity contribution in [2.75, 3.05) is 7.11 Å². The molecule has 0 amide bonds. The van der Waals surface area contributed by atoms with E-state index in [-0.39, 0.29) is 6.04 Å². The Balaban J connectivity index is 1.98. The number of aromatic nitrogens is 1. The van der Waals surface area contributed by atoms with Crippen molar-refractivity contribution in [3.63, 3.8) is 0 Å². The molecular formula is C15H17BrN2O. The third-order valence-corrected chi connectivity index (χ3v) is 3.42. The second-order valence-corrected chi connectivity index (χ2v) is 5.24. The fraction of sp³-hybridized carbons (Fsp3) is 0.267. The van der Waals surface area contributed by atoms with Crippen molar-refractivity contribution >= 4 is 15.9 Å². The van der Waals surface area contributed by atoms with E-state index < -0.39 is 0 Å². The number of benzene rings is 1. The van der Waals surface area contributed by atoms with Crippen LogP contribution in [0.5, 0.6) is 5.88 Å². The molecule has 2 rings (SSSR count). The van der Waals surface area contributed by atoms with E-state index >= 15 is 0 Å². The lowest BCUT2D eigenvalue weighted by molar-refractivity contribution is 0.395. The maximum atomic E-state index is 5.12. The Morgan fingerprint density at radius 3 is 2.79 bits per heavy atom. The van der Waals surface area contributed by atoms with E-state index in [9.17, 15) is 0 Å². The van der Waals surface area contributed by atoms with E-state index in [0.29, 0.717) is 12.4 Å². The summed E-state index contributed by atoms with van der Waals surface area (Å²) in [5.41, 5.74) is 2.22. The molecule has 0 saturated heterocycles. The highest BCUT2D eigenvalue weighted by Crippen LogP contribution is 2.18. The summed E-state index contributed by atoms with van der Waals surface area (Å²) in [6, 6.07) is 14.4. The van der Waals surface area contributed by atoms with E-state index in [1.165, 1.54) is 5.56 Å². The number of methoxy groups -OCH3 is 1. The summed E-state index contributed by atoms with van der Waals surface area (Å²) >= 11 is 3.49. The lowest BCUT2D eigenvalue weighted by Gasteiger charge is -2.14. The van der Waals surface area contributed by atoms with Gasteiger partial charge in [0.25, 0.3) is 0 Å². The minimum Gasteiger partial charge on any atom is -0.481 e. The fourth-order valence-corrected chi connectivity index (χ4v) is 2.24. The van der Waals surface area contributed by atoms with Gasteiger partial charge in [-0.1, -0.05) is 34.1 Å². The molecule has 0 aliphatic rings. The normalized spacial score (nSPS) is 12.2. The van der Waals surface area contributed by atoms with Crippen LogP contribution < -0.4 is 10.1 Å². The van der Waals surface area contributed by atoms with Crippen LogP contribution in [0, 0.1) is 0 Å². The van der Waals surface area contributed by atoms with Crippen LogP contribution in [-0.2, 0) is 6.54 Å². The van der Waals surface area contributed by atoms with E-state index in [4.69, 9.17) is 4.74 Å². The van der Waals surface area contributed by atoms with E-state index in [1.54, 1.807) is 7.11 Å². The van der Waals surface area contributed by atoms with Gasteiger partial charge in [-0.15, -0.1) is 0 Å². The van der Waals surface area contributed by atoms with Gasteiger partial charge in [0, 0.05) is 23.1 Å². The van der Waals surface area contributed by atoms with Crippen molar-refractivity contribution in [1.82, 2.24) is 10.3 Å². The number of nitrogens with zero attached hydrogens (tertiary/aromatic N) is 1. The van der Waals surface area contributed by atoms with Crippen molar-refractivity contribution in [3.8, 4) is 5.88 Å². The van der Waals surface area contributed by atoms with E-state index in [2.05, 4.69) is 45.3 Å². The molecule has 0 aliphatic carbocycles. The molecule has 1 aromatic heterocycles. The molecular weight excluding hydrogens is 304 g/mol. The van der Waals surface area contributed by atoms with Crippen LogP contribution in [0.2, 0.25) is 0 Å². The van der Waals surface area contributed by atoms with Gasteiger partial charge in [0.05, 0.1) is 12.8 Å². The standard InChI is InChI=1S/C15H17BrN2O/c1-11(12-5-3-6-13(16)9-12)17-10-14-7-4-8-15(18-14)19-2/h3-9,11,17H,10H2,1-2H3/t11-/m1/s1. The van der Waals surface area contributed by atoms with Gasteiger partial charge in [0.15, 0.2) is 0 Å². The summed E-state index contributed by atoms with van der Waals surface area (Å²) in [4.78, 5) is 4.38. The zero-order valence-corrected chi connectivity index (χ0v) is 12.6. The molecule has 0 unspecified atom stereocenters. The van der Waals surface area contributed by atoms with Crippen LogP contribution in [0.15, 0.2) is 46.9 Å². The first kappa shape index (κ1) is 14.0. The average Bonchev–Trinajstić information content (AvgIpc) is 2.45. The predicted octanol–water partition coefficient (Wildman–Crippen LogP) is 3.70. The molecule has 2 aromatic rings. The van der Waals surface area contributed by atoms with Crippen LogP contribution in [0.25, 0.3) is 0 Å². The van der Waals surface area contributed by atoms with E-state index in [1.807, 2.05) is 30.3 Å². The fourth-order valence-electron chi connectivity index (χ4n) is 1.82. The van der Waals surface area contributed by atoms with Crippen molar-refractivity contribution in [3.05, 3.63) is 58.2 Å². The van der Waals surface area contributed by atoms with Gasteiger partial charge >= 0.3 is 0 Å². The molecule has 0 aliphatic heterocycles. The zero-order chi connectivity index (χ0) is 13.7. The van der Waals surface area contributed by atoms with Crippen LogP contribution in [-0.4, -0.2) is 12.1 Å². The minimum atomic E-state index is 0.269. The molecule has 4 heteroatoms. The van der Waals surface area contributed by atoms with Crippen molar-refractivity contribution in [2.45, 2.75) is 19.5 Å². The van der Waals surface area contributed by atoms with Crippen LogP contribution in [0.4, 0.5) is 0 Å². The van der Waals surface area contributed by atoms with Crippen LogP contribution in [0.3, 0.4) is 0 Å². The topological polar surface area (TPSA) is 34.1 Å². The Morgan fingerprint density at radius 2 is 2.05 bits per heavy atom. The molecule has 1 N–H and O–H groups in total. The van der Waals surface area contributed by atoms with Crippen molar-refractivity contribution in [2.24, 2.45) is 0 Å². The highest BCUT2D eigenvalue weighted by molar-refractivity contribution is 9.10. The van der Waals surface area contributed by atoms with Crippen molar-refractivity contribution in [1.29, 1.82) is 0 Å². The second kappa shape index (κ2) is 6.68. The van der Waals surface area contributed by atoms with Gasteiger partial charge in [-0.05, 0) is 30.7 Å². The number of hydrogen-bond acceptors (Lipinski definition) is 3. The third kappa shape index (κ3) is 4.04. The minimum absolute atomic E-state index is 0.269. The molecule has 0 bridgehead atoms.